The Balaban J connectivity index is 1.79. The fraction of sp³-hybridized carbons (Fsp3) is 0.143. The van der Waals surface area contributed by atoms with Gasteiger partial charge in [0, 0.05) is 28.7 Å². The number of hydrogen-bond acceptors (Lipinski definition) is 6. The number of aromatic nitrogens is 1. The first-order chi connectivity index (χ1) is 14.7. The second kappa shape index (κ2) is 8.88. The summed E-state index contributed by atoms with van der Waals surface area (Å²) < 4.78 is 6.94. The van der Waals surface area contributed by atoms with E-state index < -0.39 is 22.3 Å². The first kappa shape index (κ1) is 21.8. The number of hydrogen-bond donors (Lipinski definition) is 2. The van der Waals surface area contributed by atoms with Gasteiger partial charge in [-0.3, -0.25) is 14.9 Å². The average Bonchev–Trinajstić information content (AvgIpc) is 3.06. The van der Waals surface area contributed by atoms with Crippen molar-refractivity contribution >= 4 is 29.4 Å². The Labute approximate surface area is 182 Å². The van der Waals surface area contributed by atoms with Crippen LogP contribution in [0, 0.1) is 24.0 Å². The molecule has 3 aromatic rings. The third-order valence-corrected chi connectivity index (χ3v) is 4.91. The zero-order valence-electron chi connectivity index (χ0n) is 16.9. The zero-order chi connectivity index (χ0) is 22.7. The predicted molar refractivity (Wildman–Crippen MR) is 117 cm³/mol. The lowest BCUT2D eigenvalue weighted by molar-refractivity contribution is -0.386. The van der Waals surface area contributed by atoms with E-state index in [0.29, 0.717) is 0 Å². The zero-order valence-corrected chi connectivity index (χ0v) is 17.7. The van der Waals surface area contributed by atoms with Crippen LogP contribution in [0.25, 0.3) is 5.69 Å². The standard InChI is InChI=1S/C21H19ClN4O5/c1-12-4-5-13(2)25(12)15-6-7-16(17(22)10-15)21(28)24-23-11-14-8-18(26(29)30)20(27)19(9-14)31-3/h4-11,27H,1-3H3,(H,24,28). The summed E-state index contributed by atoms with van der Waals surface area (Å²) in [5.41, 5.74) is 5.16. The molecule has 10 heteroatoms. The van der Waals surface area contributed by atoms with Crippen LogP contribution in [-0.2, 0) is 0 Å². The Morgan fingerprint density at radius 3 is 2.48 bits per heavy atom. The molecular formula is C21H19ClN4O5. The number of nitro groups is 1. The maximum Gasteiger partial charge on any atom is 0.315 e. The Morgan fingerprint density at radius 2 is 1.90 bits per heavy atom. The van der Waals surface area contributed by atoms with Crippen LogP contribution in [0.15, 0.2) is 47.6 Å². The largest absolute Gasteiger partial charge is 0.500 e. The molecule has 0 aliphatic heterocycles. The molecule has 0 radical (unpaired) electrons. The summed E-state index contributed by atoms with van der Waals surface area (Å²) in [6.07, 6.45) is 1.20. The van der Waals surface area contributed by atoms with Gasteiger partial charge in [0.25, 0.3) is 5.91 Å². The lowest BCUT2D eigenvalue weighted by atomic mass is 10.2. The molecule has 0 unspecified atom stereocenters. The van der Waals surface area contributed by atoms with E-state index in [2.05, 4.69) is 10.5 Å². The van der Waals surface area contributed by atoms with E-state index in [0.717, 1.165) is 23.1 Å². The molecule has 0 saturated carbocycles. The molecule has 0 bridgehead atoms. The predicted octanol–water partition coefficient (Wildman–Crippen LogP) is 4.13. The first-order valence-electron chi connectivity index (χ1n) is 9.06. The van der Waals surface area contributed by atoms with Crippen LogP contribution in [0.1, 0.15) is 27.3 Å². The molecule has 0 saturated heterocycles. The van der Waals surface area contributed by atoms with Gasteiger partial charge in [0.1, 0.15) is 0 Å². The van der Waals surface area contributed by atoms with Crippen LogP contribution >= 0.6 is 11.6 Å². The minimum atomic E-state index is -0.747. The average molecular weight is 443 g/mol. The first-order valence-corrected chi connectivity index (χ1v) is 9.44. The summed E-state index contributed by atoms with van der Waals surface area (Å²) in [7, 11) is 1.27. The van der Waals surface area contributed by atoms with Gasteiger partial charge in [0.2, 0.25) is 5.75 Å². The molecule has 31 heavy (non-hydrogen) atoms. The second-order valence-corrected chi connectivity index (χ2v) is 7.07. The summed E-state index contributed by atoms with van der Waals surface area (Å²) >= 11 is 6.31. The van der Waals surface area contributed by atoms with Crippen LogP contribution in [-0.4, -0.2) is 33.8 Å². The Kier molecular flexibility index (Phi) is 6.26. The van der Waals surface area contributed by atoms with Crippen molar-refractivity contribution in [2.45, 2.75) is 13.8 Å². The minimum absolute atomic E-state index is 0.0868. The smallest absolute Gasteiger partial charge is 0.315 e. The summed E-state index contributed by atoms with van der Waals surface area (Å²) in [6.45, 7) is 3.94. The molecule has 160 valence electrons. The second-order valence-electron chi connectivity index (χ2n) is 6.66. The number of nitrogens with one attached hydrogen (secondary N) is 1. The van der Waals surface area contributed by atoms with Crippen molar-refractivity contribution in [1.29, 1.82) is 0 Å². The van der Waals surface area contributed by atoms with Gasteiger partial charge in [-0.1, -0.05) is 11.6 Å². The third kappa shape index (κ3) is 4.51. The number of phenolic OH excluding ortho intramolecular Hbond substituents is 1. The number of halogens is 1. The number of amides is 1. The van der Waals surface area contributed by atoms with Crippen molar-refractivity contribution in [2.75, 3.05) is 7.11 Å². The number of ether oxygens (including phenoxy) is 1. The minimum Gasteiger partial charge on any atom is -0.500 e. The highest BCUT2D eigenvalue weighted by Gasteiger charge is 2.19. The molecule has 1 heterocycles. The van der Waals surface area contributed by atoms with Crippen molar-refractivity contribution in [1.82, 2.24) is 9.99 Å². The van der Waals surface area contributed by atoms with E-state index in [9.17, 15) is 20.0 Å². The highest BCUT2D eigenvalue weighted by molar-refractivity contribution is 6.34. The van der Waals surface area contributed by atoms with Gasteiger partial charge in [-0.25, -0.2) is 5.43 Å². The fourth-order valence-corrected chi connectivity index (χ4v) is 3.37. The molecule has 1 aromatic heterocycles. The van der Waals surface area contributed by atoms with Gasteiger partial charge >= 0.3 is 5.69 Å². The molecule has 2 aromatic carbocycles. The molecule has 0 atom stereocenters. The number of phenols is 1. The van der Waals surface area contributed by atoms with Gasteiger partial charge in [-0.2, -0.15) is 5.10 Å². The SMILES string of the molecule is COc1cc(C=NNC(=O)c2ccc(-n3c(C)ccc3C)cc2Cl)cc([N+](=O)[O-])c1O. The molecule has 0 aliphatic rings. The number of benzene rings is 2. The van der Waals surface area contributed by atoms with Crippen LogP contribution in [0.4, 0.5) is 5.69 Å². The van der Waals surface area contributed by atoms with E-state index in [1.165, 1.54) is 19.4 Å². The molecule has 0 fully saturated rings. The van der Waals surface area contributed by atoms with Gasteiger partial charge in [-0.15, -0.1) is 0 Å². The molecule has 0 spiro atoms. The number of carbonyl (C=O) groups excluding carboxylic acids is 1. The van der Waals surface area contributed by atoms with Crippen molar-refractivity contribution < 1.29 is 19.6 Å². The molecule has 3 rings (SSSR count). The van der Waals surface area contributed by atoms with E-state index in [4.69, 9.17) is 16.3 Å². The van der Waals surface area contributed by atoms with Gasteiger partial charge in [0.15, 0.2) is 5.75 Å². The van der Waals surface area contributed by atoms with E-state index in [-0.39, 0.29) is 21.9 Å². The number of nitro benzene ring substituents is 1. The molecule has 1 amide bonds. The highest BCUT2D eigenvalue weighted by atomic mass is 35.5. The fourth-order valence-electron chi connectivity index (χ4n) is 3.11. The van der Waals surface area contributed by atoms with Crippen molar-refractivity contribution in [3.05, 3.63) is 80.1 Å². The molecular weight excluding hydrogens is 424 g/mol. The van der Waals surface area contributed by atoms with Crippen LogP contribution < -0.4 is 10.2 Å². The van der Waals surface area contributed by atoms with Crippen LogP contribution in [0.5, 0.6) is 11.5 Å². The Morgan fingerprint density at radius 1 is 1.23 bits per heavy atom. The summed E-state index contributed by atoms with van der Waals surface area (Å²) in [6, 6.07) is 11.5. The number of aryl methyl sites for hydroxylation is 2. The van der Waals surface area contributed by atoms with Crippen molar-refractivity contribution in [3.63, 3.8) is 0 Å². The quantitative estimate of drug-likeness (QED) is 0.338. The maximum absolute atomic E-state index is 12.5. The van der Waals surface area contributed by atoms with Gasteiger partial charge < -0.3 is 14.4 Å². The van der Waals surface area contributed by atoms with Crippen LogP contribution in [0.3, 0.4) is 0 Å². The van der Waals surface area contributed by atoms with Crippen molar-refractivity contribution in [2.24, 2.45) is 5.10 Å². The maximum atomic E-state index is 12.5. The summed E-state index contributed by atoms with van der Waals surface area (Å²) in [4.78, 5) is 22.8. The third-order valence-electron chi connectivity index (χ3n) is 4.60. The number of methoxy groups -OCH3 is 1. The molecule has 2 N–H and O–H groups in total. The molecule has 0 aliphatic carbocycles. The van der Waals surface area contributed by atoms with Crippen molar-refractivity contribution in [3.8, 4) is 17.2 Å². The number of nitrogens with zero attached hydrogens (tertiary/aromatic N) is 3. The Hall–Kier alpha value is -3.85. The van der Waals surface area contributed by atoms with E-state index in [1.54, 1.807) is 18.2 Å². The Bertz CT molecular complexity index is 1180. The highest BCUT2D eigenvalue weighted by Crippen LogP contribution is 2.36. The van der Waals surface area contributed by atoms with Crippen LogP contribution in [0.2, 0.25) is 5.02 Å². The summed E-state index contributed by atoms with van der Waals surface area (Å²) in [5.74, 6) is -1.22. The normalized spacial score (nSPS) is 11.0. The van der Waals surface area contributed by atoms with Gasteiger partial charge in [-0.05, 0) is 50.2 Å². The van der Waals surface area contributed by atoms with E-state index >= 15 is 0 Å². The number of carbonyl (C=O) groups is 1. The molecule has 9 nitrogen and oxygen atoms in total. The number of aromatic hydroxyl groups is 1. The topological polar surface area (TPSA) is 119 Å². The number of hydrazone groups is 1. The number of rotatable bonds is 6. The van der Waals surface area contributed by atoms with E-state index in [1.807, 2.05) is 30.5 Å². The van der Waals surface area contributed by atoms with Gasteiger partial charge in [0.05, 0.1) is 28.8 Å². The monoisotopic (exact) mass is 442 g/mol. The lowest BCUT2D eigenvalue weighted by Gasteiger charge is -2.11. The lowest BCUT2D eigenvalue weighted by Crippen LogP contribution is -2.18. The summed E-state index contributed by atoms with van der Waals surface area (Å²) in [5, 5.41) is 24.9.